The first kappa shape index (κ1) is 16.3. The molecule has 0 spiro atoms. The highest BCUT2D eigenvalue weighted by molar-refractivity contribution is 7.87. The van der Waals surface area contributed by atoms with E-state index in [1.807, 2.05) is 0 Å². The van der Waals surface area contributed by atoms with Gasteiger partial charge in [0.1, 0.15) is 6.04 Å². The van der Waals surface area contributed by atoms with E-state index in [1.54, 1.807) is 0 Å². The zero-order chi connectivity index (χ0) is 14.3. The average molecular weight is 294 g/mol. The van der Waals surface area contributed by atoms with Crippen molar-refractivity contribution < 1.29 is 18.3 Å². The van der Waals surface area contributed by atoms with Gasteiger partial charge in [-0.25, -0.2) is 9.44 Å². The van der Waals surface area contributed by atoms with Crippen LogP contribution in [0.3, 0.4) is 0 Å². The van der Waals surface area contributed by atoms with E-state index in [2.05, 4.69) is 14.3 Å². The lowest BCUT2D eigenvalue weighted by molar-refractivity contribution is -0.138. The Kier molecular flexibility index (Phi) is 6.66. The number of rotatable bonds is 9. The van der Waals surface area contributed by atoms with Gasteiger partial charge in [0, 0.05) is 19.6 Å². The Bertz CT molecular complexity index is 381. The maximum absolute atomic E-state index is 11.5. The fourth-order valence-electron chi connectivity index (χ4n) is 1.87. The smallest absolute Gasteiger partial charge is 0.320 e. The predicted octanol–water partition coefficient (Wildman–Crippen LogP) is -1.69. The molecule has 0 radical (unpaired) electrons. The molecule has 112 valence electrons. The molecular weight excluding hydrogens is 272 g/mol. The molecule has 1 rings (SSSR count). The van der Waals surface area contributed by atoms with Crippen LogP contribution in [-0.4, -0.2) is 63.2 Å². The molecule has 1 saturated heterocycles. The summed E-state index contributed by atoms with van der Waals surface area (Å²) in [6, 6.07) is -1.05. The van der Waals surface area contributed by atoms with Gasteiger partial charge in [-0.05, 0) is 32.4 Å². The number of carboxylic acids is 1. The molecule has 1 aliphatic rings. The van der Waals surface area contributed by atoms with Crippen LogP contribution in [0, 0.1) is 0 Å². The van der Waals surface area contributed by atoms with Crippen LogP contribution in [0.5, 0.6) is 0 Å². The normalized spacial score (nSPS) is 18.6. The first-order chi connectivity index (χ1) is 8.91. The standard InChI is InChI=1S/C10H22N4O4S/c11-9(10(15)16)3-4-12-19(17,18)13-5-8-14-6-1-2-7-14/h9,12-13H,1-8,11H2,(H,15,16). The van der Waals surface area contributed by atoms with Crippen molar-refractivity contribution in [2.45, 2.75) is 25.3 Å². The highest BCUT2D eigenvalue weighted by atomic mass is 32.2. The minimum absolute atomic E-state index is 0.00646. The summed E-state index contributed by atoms with van der Waals surface area (Å²) >= 11 is 0. The summed E-state index contributed by atoms with van der Waals surface area (Å²) in [6.07, 6.45) is 2.39. The molecule has 1 atom stereocenters. The second kappa shape index (κ2) is 7.75. The molecule has 9 heteroatoms. The van der Waals surface area contributed by atoms with Crippen molar-refractivity contribution in [2.75, 3.05) is 32.7 Å². The van der Waals surface area contributed by atoms with Gasteiger partial charge in [-0.15, -0.1) is 0 Å². The molecule has 1 heterocycles. The molecule has 1 fully saturated rings. The SMILES string of the molecule is NC(CCNS(=O)(=O)NCCN1CCCC1)C(=O)O. The number of aliphatic carboxylic acids is 1. The van der Waals surface area contributed by atoms with Crippen molar-refractivity contribution in [2.24, 2.45) is 5.73 Å². The summed E-state index contributed by atoms with van der Waals surface area (Å²) in [5, 5.41) is 8.55. The molecule has 8 nitrogen and oxygen atoms in total. The van der Waals surface area contributed by atoms with Crippen LogP contribution in [0.2, 0.25) is 0 Å². The molecule has 19 heavy (non-hydrogen) atoms. The van der Waals surface area contributed by atoms with E-state index in [4.69, 9.17) is 10.8 Å². The van der Waals surface area contributed by atoms with Crippen molar-refractivity contribution in [3.63, 3.8) is 0 Å². The maximum atomic E-state index is 11.5. The zero-order valence-electron chi connectivity index (χ0n) is 10.8. The number of nitrogens with one attached hydrogen (secondary N) is 2. The first-order valence-corrected chi connectivity index (χ1v) is 7.84. The molecule has 0 aromatic heterocycles. The Morgan fingerprint density at radius 3 is 2.42 bits per heavy atom. The minimum atomic E-state index is -3.57. The van der Waals surface area contributed by atoms with E-state index in [0.29, 0.717) is 13.1 Å². The Morgan fingerprint density at radius 2 is 1.84 bits per heavy atom. The van der Waals surface area contributed by atoms with Crippen LogP contribution in [0.4, 0.5) is 0 Å². The molecule has 5 N–H and O–H groups in total. The Labute approximate surface area is 113 Å². The zero-order valence-corrected chi connectivity index (χ0v) is 11.7. The highest BCUT2D eigenvalue weighted by Gasteiger charge is 2.15. The average Bonchev–Trinajstić information content (AvgIpc) is 2.81. The van der Waals surface area contributed by atoms with Gasteiger partial charge in [0.25, 0.3) is 10.2 Å². The van der Waals surface area contributed by atoms with Crippen LogP contribution in [0.25, 0.3) is 0 Å². The molecular formula is C10H22N4O4S. The maximum Gasteiger partial charge on any atom is 0.320 e. The van der Waals surface area contributed by atoms with E-state index in [1.165, 1.54) is 0 Å². The third-order valence-corrected chi connectivity index (χ3v) is 4.15. The lowest BCUT2D eigenvalue weighted by atomic mass is 10.2. The predicted molar refractivity (Wildman–Crippen MR) is 70.8 cm³/mol. The van der Waals surface area contributed by atoms with Crippen LogP contribution in [0.1, 0.15) is 19.3 Å². The Hall–Kier alpha value is -0.740. The fourth-order valence-corrected chi connectivity index (χ4v) is 2.72. The van der Waals surface area contributed by atoms with Gasteiger partial charge in [0.2, 0.25) is 0 Å². The van der Waals surface area contributed by atoms with E-state index < -0.39 is 22.2 Å². The van der Waals surface area contributed by atoms with Crippen LogP contribution in [0.15, 0.2) is 0 Å². The summed E-state index contributed by atoms with van der Waals surface area (Å²) in [5.41, 5.74) is 5.27. The largest absolute Gasteiger partial charge is 0.480 e. The fraction of sp³-hybridized carbons (Fsp3) is 0.900. The summed E-state index contributed by atoms with van der Waals surface area (Å²) in [4.78, 5) is 12.6. The molecule has 1 unspecified atom stereocenters. The van der Waals surface area contributed by atoms with Crippen LogP contribution >= 0.6 is 0 Å². The van der Waals surface area contributed by atoms with Gasteiger partial charge >= 0.3 is 5.97 Å². The van der Waals surface area contributed by atoms with Crippen molar-refractivity contribution in [3.05, 3.63) is 0 Å². The molecule has 0 aromatic rings. The number of carboxylic acid groups (broad SMARTS) is 1. The molecule has 0 bridgehead atoms. The van der Waals surface area contributed by atoms with E-state index in [0.717, 1.165) is 25.9 Å². The molecule has 0 aliphatic carbocycles. The summed E-state index contributed by atoms with van der Waals surface area (Å²) in [7, 11) is -3.57. The van der Waals surface area contributed by atoms with Gasteiger partial charge in [-0.2, -0.15) is 8.42 Å². The summed E-state index contributed by atoms with van der Waals surface area (Å²) < 4.78 is 27.7. The lowest BCUT2D eigenvalue weighted by Gasteiger charge is -2.15. The van der Waals surface area contributed by atoms with Crippen molar-refractivity contribution >= 4 is 16.2 Å². The van der Waals surface area contributed by atoms with E-state index in [9.17, 15) is 13.2 Å². The molecule has 0 amide bonds. The van der Waals surface area contributed by atoms with E-state index in [-0.39, 0.29) is 13.0 Å². The van der Waals surface area contributed by atoms with E-state index >= 15 is 0 Å². The number of hydrogen-bond donors (Lipinski definition) is 4. The summed E-state index contributed by atoms with van der Waals surface area (Å²) in [6.45, 7) is 3.08. The quantitative estimate of drug-likeness (QED) is 0.402. The number of hydrogen-bond acceptors (Lipinski definition) is 5. The Morgan fingerprint density at radius 1 is 1.26 bits per heavy atom. The van der Waals surface area contributed by atoms with Crippen molar-refractivity contribution in [3.8, 4) is 0 Å². The number of nitrogens with zero attached hydrogens (tertiary/aromatic N) is 1. The van der Waals surface area contributed by atoms with Gasteiger partial charge < -0.3 is 15.7 Å². The minimum Gasteiger partial charge on any atom is -0.480 e. The number of likely N-dealkylation sites (tertiary alicyclic amines) is 1. The van der Waals surface area contributed by atoms with Crippen LogP contribution < -0.4 is 15.2 Å². The summed E-state index contributed by atoms with van der Waals surface area (Å²) in [5.74, 6) is -1.14. The molecule has 1 aliphatic heterocycles. The lowest BCUT2D eigenvalue weighted by Crippen LogP contribution is -2.42. The Balaban J connectivity index is 2.14. The molecule has 0 saturated carbocycles. The molecule has 0 aromatic carbocycles. The first-order valence-electron chi connectivity index (χ1n) is 6.36. The number of nitrogens with two attached hydrogens (primary N) is 1. The van der Waals surface area contributed by atoms with Gasteiger partial charge in [0.15, 0.2) is 0 Å². The van der Waals surface area contributed by atoms with Gasteiger partial charge in [-0.3, -0.25) is 4.79 Å². The van der Waals surface area contributed by atoms with Crippen LogP contribution in [-0.2, 0) is 15.0 Å². The third kappa shape index (κ3) is 6.83. The van der Waals surface area contributed by atoms with Crippen molar-refractivity contribution in [1.29, 1.82) is 0 Å². The second-order valence-electron chi connectivity index (χ2n) is 4.57. The van der Waals surface area contributed by atoms with Crippen molar-refractivity contribution in [1.82, 2.24) is 14.3 Å². The third-order valence-electron chi connectivity index (χ3n) is 2.98. The van der Waals surface area contributed by atoms with Gasteiger partial charge in [-0.1, -0.05) is 0 Å². The topological polar surface area (TPSA) is 125 Å². The number of carbonyl (C=O) groups is 1. The highest BCUT2D eigenvalue weighted by Crippen LogP contribution is 2.05. The second-order valence-corrected chi connectivity index (χ2v) is 6.16. The van der Waals surface area contributed by atoms with Gasteiger partial charge in [0.05, 0.1) is 0 Å². The monoisotopic (exact) mass is 294 g/mol.